The number of aromatic amines is 1. The summed E-state index contributed by atoms with van der Waals surface area (Å²) in [5.41, 5.74) is 4.06. The molecule has 32 heavy (non-hydrogen) atoms. The molecule has 4 aromatic rings. The van der Waals surface area contributed by atoms with Gasteiger partial charge in [-0.1, -0.05) is 72.3 Å². The van der Waals surface area contributed by atoms with Crippen molar-refractivity contribution < 1.29 is 5.11 Å². The van der Waals surface area contributed by atoms with E-state index >= 15 is 0 Å². The summed E-state index contributed by atoms with van der Waals surface area (Å²) in [5, 5.41) is 11.5. The van der Waals surface area contributed by atoms with Crippen molar-refractivity contribution in [2.75, 3.05) is 0 Å². The lowest BCUT2D eigenvalue weighted by molar-refractivity contribution is 0.432. The van der Waals surface area contributed by atoms with Crippen LogP contribution in [0.15, 0.2) is 88.6 Å². The molecule has 0 spiro atoms. The summed E-state index contributed by atoms with van der Waals surface area (Å²) in [6.07, 6.45) is 1.65. The molecule has 2 heterocycles. The number of aliphatic imine (C=N–C) groups is 1. The maximum Gasteiger partial charge on any atom is 0.262 e. The molecule has 0 unspecified atom stereocenters. The number of allylic oxidation sites excluding steroid dienone is 1. The summed E-state index contributed by atoms with van der Waals surface area (Å²) in [6, 6.07) is 24.3. The minimum Gasteiger partial charge on any atom is -0.494 e. The van der Waals surface area contributed by atoms with Crippen LogP contribution in [0.25, 0.3) is 17.3 Å². The number of nitrogens with one attached hydrogen (secondary N) is 1. The number of aromatic nitrogens is 2. The lowest BCUT2D eigenvalue weighted by Gasteiger charge is -2.13. The van der Waals surface area contributed by atoms with Gasteiger partial charge in [0.1, 0.15) is 5.56 Å². The summed E-state index contributed by atoms with van der Waals surface area (Å²) < 4.78 is 1.40. The third kappa shape index (κ3) is 3.39. The Morgan fingerprint density at radius 1 is 0.969 bits per heavy atom. The normalized spacial score (nSPS) is 13.8. The third-order valence-electron chi connectivity index (χ3n) is 5.23. The Bertz CT molecular complexity index is 1540. The van der Waals surface area contributed by atoms with Crippen LogP contribution in [0, 0.1) is 4.77 Å². The molecule has 1 aliphatic heterocycles. The Morgan fingerprint density at radius 2 is 1.66 bits per heavy atom. The number of hydrogen-bond acceptors (Lipinski definition) is 4. The number of benzene rings is 3. The lowest BCUT2D eigenvalue weighted by atomic mass is 9.96. The molecule has 3 aromatic carbocycles. The van der Waals surface area contributed by atoms with E-state index in [0.717, 1.165) is 28.1 Å². The van der Waals surface area contributed by atoms with Crippen molar-refractivity contribution in [2.24, 2.45) is 4.99 Å². The smallest absolute Gasteiger partial charge is 0.262 e. The quantitative estimate of drug-likeness (QED) is 0.374. The van der Waals surface area contributed by atoms with Crippen molar-refractivity contribution in [3.8, 4) is 11.6 Å². The molecule has 2 N–H and O–H groups in total. The van der Waals surface area contributed by atoms with Gasteiger partial charge in [-0.2, -0.15) is 0 Å². The molecule has 5 nitrogen and oxygen atoms in total. The minimum atomic E-state index is -0.500. The molecule has 0 amide bonds. The lowest BCUT2D eigenvalue weighted by Crippen LogP contribution is -2.16. The van der Waals surface area contributed by atoms with E-state index in [0.29, 0.717) is 10.7 Å². The number of halogens is 1. The molecule has 7 heteroatoms. The Morgan fingerprint density at radius 3 is 2.44 bits per heavy atom. The first kappa shape index (κ1) is 20.2. The Balaban J connectivity index is 1.77. The van der Waals surface area contributed by atoms with E-state index in [1.54, 1.807) is 30.3 Å². The number of fused-ring (bicyclic) bond motifs is 1. The Labute approximate surface area is 193 Å². The first-order valence-corrected chi connectivity index (χ1v) is 10.6. The van der Waals surface area contributed by atoms with Crippen LogP contribution in [0.2, 0.25) is 5.02 Å². The number of aromatic hydroxyl groups is 1. The molecule has 0 aliphatic carbocycles. The van der Waals surface area contributed by atoms with Crippen molar-refractivity contribution in [3.63, 3.8) is 0 Å². The van der Waals surface area contributed by atoms with Gasteiger partial charge in [0.15, 0.2) is 4.77 Å². The Hall–Kier alpha value is -3.74. The molecule has 0 saturated carbocycles. The fourth-order valence-electron chi connectivity index (χ4n) is 3.74. The molecule has 0 radical (unpaired) electrons. The standard InChI is InChI=1S/C25H16ClN3O2S/c26-19-11-5-7-13-21(19)29-24(31)18(23(30)28-25(29)32)14-17-16-10-4-6-12-20(16)27-22(17)15-8-2-1-3-9-15/h1-14,31H,(H,28,30,32). The van der Waals surface area contributed by atoms with Crippen LogP contribution in [0.5, 0.6) is 5.88 Å². The number of nitrogens with zero attached hydrogens (tertiary/aromatic N) is 2. The van der Waals surface area contributed by atoms with Crippen LogP contribution in [0.1, 0.15) is 16.7 Å². The summed E-state index contributed by atoms with van der Waals surface area (Å²) >= 11 is 11.6. The van der Waals surface area contributed by atoms with Gasteiger partial charge in [-0.15, -0.1) is 0 Å². The number of rotatable bonds is 3. The average Bonchev–Trinajstić information content (AvgIpc) is 3.17. The number of hydrogen-bond donors (Lipinski definition) is 2. The van der Waals surface area contributed by atoms with Crippen molar-refractivity contribution in [1.29, 1.82) is 0 Å². The van der Waals surface area contributed by atoms with Crippen LogP contribution in [0.4, 0.5) is 5.69 Å². The average molecular weight is 458 g/mol. The molecular weight excluding hydrogens is 442 g/mol. The molecule has 1 aliphatic rings. The predicted molar refractivity (Wildman–Crippen MR) is 131 cm³/mol. The van der Waals surface area contributed by atoms with Crippen molar-refractivity contribution in [1.82, 2.24) is 9.55 Å². The molecule has 0 bridgehead atoms. The fraction of sp³-hybridized carbons (Fsp3) is 0. The summed E-state index contributed by atoms with van der Waals surface area (Å²) in [5.74, 6) is -0.295. The van der Waals surface area contributed by atoms with Gasteiger partial charge < -0.3 is 5.11 Å². The zero-order valence-corrected chi connectivity index (χ0v) is 18.2. The predicted octanol–water partition coefficient (Wildman–Crippen LogP) is 5.93. The van der Waals surface area contributed by atoms with Gasteiger partial charge in [-0.25, -0.2) is 4.99 Å². The van der Waals surface area contributed by atoms with E-state index in [1.165, 1.54) is 4.57 Å². The van der Waals surface area contributed by atoms with Crippen molar-refractivity contribution >= 4 is 46.9 Å². The molecule has 1 aromatic heterocycles. The van der Waals surface area contributed by atoms with Gasteiger partial charge >= 0.3 is 0 Å². The van der Waals surface area contributed by atoms with E-state index in [2.05, 4.69) is 4.98 Å². The Kier molecular flexibility index (Phi) is 5.09. The second-order valence-electron chi connectivity index (χ2n) is 7.18. The van der Waals surface area contributed by atoms with Gasteiger partial charge in [0.2, 0.25) is 5.88 Å². The summed E-state index contributed by atoms with van der Waals surface area (Å²) in [6.45, 7) is 0. The van der Waals surface area contributed by atoms with Gasteiger partial charge in [0.25, 0.3) is 5.56 Å². The van der Waals surface area contributed by atoms with Crippen LogP contribution in [-0.2, 0) is 0 Å². The number of H-pyrrole nitrogens is 1. The van der Waals surface area contributed by atoms with E-state index in [9.17, 15) is 9.90 Å². The van der Waals surface area contributed by atoms with Crippen LogP contribution in [0.3, 0.4) is 0 Å². The van der Waals surface area contributed by atoms with E-state index in [1.807, 2.05) is 54.6 Å². The summed E-state index contributed by atoms with van der Waals surface area (Å²) in [7, 11) is 0. The van der Waals surface area contributed by atoms with E-state index < -0.39 is 5.56 Å². The van der Waals surface area contributed by atoms with Gasteiger partial charge in [-0.05, 0) is 36.5 Å². The largest absolute Gasteiger partial charge is 0.494 e. The molecule has 0 saturated heterocycles. The molecule has 156 valence electrons. The van der Waals surface area contributed by atoms with Crippen molar-refractivity contribution in [2.45, 2.75) is 0 Å². The molecule has 5 rings (SSSR count). The van der Waals surface area contributed by atoms with Crippen LogP contribution in [-0.4, -0.2) is 20.4 Å². The van der Waals surface area contributed by atoms with E-state index in [4.69, 9.17) is 28.8 Å². The highest BCUT2D eigenvalue weighted by Crippen LogP contribution is 2.38. The maximum absolute atomic E-state index is 12.9. The second-order valence-corrected chi connectivity index (χ2v) is 7.98. The molecule has 0 fully saturated rings. The highest BCUT2D eigenvalue weighted by atomic mass is 35.5. The fourth-order valence-corrected chi connectivity index (χ4v) is 4.24. The summed E-state index contributed by atoms with van der Waals surface area (Å²) in [4.78, 5) is 20.3. The first-order chi connectivity index (χ1) is 15.5. The maximum atomic E-state index is 12.9. The van der Waals surface area contributed by atoms with Crippen LogP contribution < -0.4 is 5.56 Å². The molecule has 0 atom stereocenters. The topological polar surface area (TPSA) is 70.4 Å². The zero-order valence-electron chi connectivity index (χ0n) is 16.6. The highest BCUT2D eigenvalue weighted by molar-refractivity contribution is 7.71. The van der Waals surface area contributed by atoms with Gasteiger partial charge in [0.05, 0.1) is 22.1 Å². The highest BCUT2D eigenvalue weighted by Gasteiger charge is 2.24. The SMILES string of the molecule is O=c1[nH]c(=S)n(-c2ccccc2Cl)c(O)c1C=C1C(c2ccccc2)=Nc2ccccc21. The van der Waals surface area contributed by atoms with Crippen molar-refractivity contribution in [3.05, 3.63) is 116 Å². The van der Waals surface area contributed by atoms with E-state index in [-0.39, 0.29) is 16.2 Å². The minimum absolute atomic E-state index is 0.0477. The van der Waals surface area contributed by atoms with Gasteiger partial charge in [-0.3, -0.25) is 14.3 Å². The first-order valence-electron chi connectivity index (χ1n) is 9.83. The monoisotopic (exact) mass is 457 g/mol. The molecular formula is C25H16ClN3O2S. The third-order valence-corrected chi connectivity index (χ3v) is 5.84. The van der Waals surface area contributed by atoms with Gasteiger partial charge in [0, 0.05) is 16.7 Å². The second kappa shape index (κ2) is 8.07. The number of para-hydroxylation sites is 2. The van der Waals surface area contributed by atoms with Crippen LogP contribution >= 0.6 is 23.8 Å². The zero-order chi connectivity index (χ0) is 22.2.